The maximum Gasteiger partial charge on any atom is 0.137 e. The highest BCUT2D eigenvalue weighted by atomic mass is 32.1. The van der Waals surface area contributed by atoms with Gasteiger partial charge in [-0.05, 0) is 67.9 Å². The van der Waals surface area contributed by atoms with Gasteiger partial charge in [0, 0.05) is 52.7 Å². The van der Waals surface area contributed by atoms with Gasteiger partial charge in [0.2, 0.25) is 0 Å². The summed E-state index contributed by atoms with van der Waals surface area (Å²) >= 11 is 1.61. The van der Waals surface area contributed by atoms with Crippen molar-refractivity contribution >= 4 is 33.9 Å². The number of nitrogens with one attached hydrogen (secondary N) is 3. The summed E-state index contributed by atoms with van der Waals surface area (Å²) < 4.78 is 27.4. The zero-order chi connectivity index (χ0) is 24.5. The molecule has 0 radical (unpaired) electrons. The lowest BCUT2D eigenvalue weighted by Crippen LogP contribution is -2.33. The van der Waals surface area contributed by atoms with Crippen LogP contribution in [0.2, 0.25) is 0 Å². The number of nitrogens with zero attached hydrogens (tertiary/aromatic N) is 3. The van der Waals surface area contributed by atoms with Crippen LogP contribution in [-0.2, 0) is 6.54 Å². The van der Waals surface area contributed by atoms with Crippen molar-refractivity contribution in [2.45, 2.75) is 51.0 Å². The second kappa shape index (κ2) is 9.97. The van der Waals surface area contributed by atoms with Gasteiger partial charge in [0.15, 0.2) is 0 Å². The van der Waals surface area contributed by atoms with Gasteiger partial charge in [-0.15, -0.1) is 11.3 Å². The Morgan fingerprint density at radius 3 is 2.81 bits per heavy atom. The molecule has 6 rings (SSSR count). The maximum absolute atomic E-state index is 13.9. The Bertz CT molecular complexity index is 1390. The fraction of sp³-hybridized carbons (Fsp3) is 0.370. The van der Waals surface area contributed by atoms with E-state index in [-0.39, 0.29) is 12.3 Å². The Morgan fingerprint density at radius 2 is 1.94 bits per heavy atom. The summed E-state index contributed by atoms with van der Waals surface area (Å²) in [6.07, 6.45) is 6.26. The van der Waals surface area contributed by atoms with Gasteiger partial charge >= 0.3 is 0 Å². The topological polar surface area (TPSA) is 78.5 Å². The minimum absolute atomic E-state index is 0.142. The molecule has 9 heteroatoms. The quantitative estimate of drug-likeness (QED) is 0.263. The number of aromatic amines is 1. The first-order chi connectivity index (χ1) is 17.7. The predicted octanol–water partition coefficient (Wildman–Crippen LogP) is 6.26. The molecule has 6 nitrogen and oxygen atoms in total. The van der Waals surface area contributed by atoms with Crippen LogP contribution in [0, 0.1) is 5.92 Å². The molecule has 3 N–H and O–H groups in total. The molecule has 4 aromatic rings. The zero-order valence-electron chi connectivity index (χ0n) is 19.8. The minimum atomic E-state index is -1.35. The van der Waals surface area contributed by atoms with E-state index < -0.39 is 12.3 Å². The second-order valence-corrected chi connectivity index (χ2v) is 10.5. The van der Waals surface area contributed by atoms with Gasteiger partial charge in [-0.1, -0.05) is 0 Å². The molecule has 2 aliphatic rings. The number of rotatable bonds is 8. The van der Waals surface area contributed by atoms with E-state index >= 15 is 0 Å². The van der Waals surface area contributed by atoms with Crippen molar-refractivity contribution in [2.24, 2.45) is 5.92 Å². The van der Waals surface area contributed by atoms with Crippen LogP contribution in [0.25, 0.3) is 28.0 Å². The molecular weight excluding hydrogens is 478 g/mol. The number of anilines is 1. The van der Waals surface area contributed by atoms with Crippen molar-refractivity contribution in [3.05, 3.63) is 64.4 Å². The standard InChI is InChI=1S/C27H28F2N6S/c28-21-8-5-16(11-22(21)29)12-32-25(17-6-7-17)19-4-2-10-31-27(19)34-14-24-35-23(15-36-24)20-13-33-26-18(20)3-1-9-30-26/h1-4,9-10,13,15-16,21-22,32H,5-8,11-12,14H2,(H,30,33)(H,31,34). The number of alkyl halides is 2. The monoisotopic (exact) mass is 506 g/mol. The van der Waals surface area contributed by atoms with Crippen molar-refractivity contribution in [1.82, 2.24) is 25.3 Å². The maximum atomic E-state index is 13.9. The molecule has 0 saturated heterocycles. The van der Waals surface area contributed by atoms with Crippen LogP contribution in [0.3, 0.4) is 0 Å². The van der Waals surface area contributed by atoms with Crippen LogP contribution >= 0.6 is 11.3 Å². The van der Waals surface area contributed by atoms with E-state index in [1.807, 2.05) is 24.4 Å². The molecule has 0 bridgehead atoms. The van der Waals surface area contributed by atoms with Crippen molar-refractivity contribution in [1.29, 1.82) is 0 Å². The third-order valence-electron chi connectivity index (χ3n) is 6.99. The van der Waals surface area contributed by atoms with E-state index in [1.165, 1.54) is 5.57 Å². The number of aromatic nitrogens is 4. The summed E-state index contributed by atoms with van der Waals surface area (Å²) in [6.45, 7) is 1.21. The van der Waals surface area contributed by atoms with Gasteiger partial charge in [0.25, 0.3) is 0 Å². The molecule has 3 atom stereocenters. The predicted molar refractivity (Wildman–Crippen MR) is 140 cm³/mol. The molecular formula is C27H28F2N6S. The smallest absolute Gasteiger partial charge is 0.137 e. The Labute approximate surface area is 212 Å². The van der Waals surface area contributed by atoms with Gasteiger partial charge in [0.05, 0.1) is 12.2 Å². The normalized spacial score (nSPS) is 21.5. The molecule has 2 saturated carbocycles. The molecule has 4 heterocycles. The zero-order valence-corrected chi connectivity index (χ0v) is 20.6. The van der Waals surface area contributed by atoms with Gasteiger partial charge in [0.1, 0.15) is 28.8 Å². The summed E-state index contributed by atoms with van der Waals surface area (Å²) in [5, 5.41) is 11.1. The molecule has 0 aliphatic heterocycles. The van der Waals surface area contributed by atoms with Crippen LogP contribution < -0.4 is 10.6 Å². The molecule has 2 aliphatic carbocycles. The first-order valence-electron chi connectivity index (χ1n) is 12.5. The molecule has 36 heavy (non-hydrogen) atoms. The van der Waals surface area contributed by atoms with Gasteiger partial charge in [-0.3, -0.25) is 0 Å². The Balaban J connectivity index is 1.15. The van der Waals surface area contributed by atoms with Crippen molar-refractivity contribution in [2.75, 3.05) is 11.9 Å². The first-order valence-corrected chi connectivity index (χ1v) is 13.3. The number of halogens is 2. The Hall–Kier alpha value is -3.33. The summed E-state index contributed by atoms with van der Waals surface area (Å²) in [5.74, 6) is 0.936. The van der Waals surface area contributed by atoms with Crippen molar-refractivity contribution in [3.8, 4) is 11.3 Å². The SMILES string of the molecule is FC1CCC(CNC(=C2CC2)c2cccnc2NCc2nc(-c3c[nH]c4ncccc34)cs2)CC1F. The number of allylic oxidation sites excluding steroid dienone is 1. The molecule has 0 aromatic carbocycles. The number of thiazole rings is 1. The summed E-state index contributed by atoms with van der Waals surface area (Å²) in [7, 11) is 0. The van der Waals surface area contributed by atoms with Crippen LogP contribution in [0.5, 0.6) is 0 Å². The highest BCUT2D eigenvalue weighted by molar-refractivity contribution is 7.10. The molecule has 3 unspecified atom stereocenters. The lowest BCUT2D eigenvalue weighted by Gasteiger charge is -2.28. The third-order valence-corrected chi connectivity index (χ3v) is 7.83. The van der Waals surface area contributed by atoms with E-state index in [1.54, 1.807) is 23.7 Å². The van der Waals surface area contributed by atoms with Crippen molar-refractivity contribution in [3.63, 3.8) is 0 Å². The first kappa shape index (κ1) is 23.1. The highest BCUT2D eigenvalue weighted by Crippen LogP contribution is 2.38. The van der Waals surface area contributed by atoms with E-state index in [4.69, 9.17) is 4.98 Å². The van der Waals surface area contributed by atoms with Crippen molar-refractivity contribution < 1.29 is 8.78 Å². The van der Waals surface area contributed by atoms with Crippen LogP contribution in [0.1, 0.15) is 42.7 Å². The molecule has 0 amide bonds. The number of hydrogen-bond donors (Lipinski definition) is 3. The third kappa shape index (κ3) is 4.84. The molecule has 186 valence electrons. The summed E-state index contributed by atoms with van der Waals surface area (Å²) in [5.41, 5.74) is 6.27. The average Bonchev–Trinajstić information content (AvgIpc) is 3.47. The van der Waals surface area contributed by atoms with Crippen LogP contribution in [0.15, 0.2) is 53.8 Å². The van der Waals surface area contributed by atoms with Gasteiger partial charge in [-0.2, -0.15) is 0 Å². The van der Waals surface area contributed by atoms with E-state index in [2.05, 4.69) is 37.0 Å². The lowest BCUT2D eigenvalue weighted by atomic mass is 9.86. The Morgan fingerprint density at radius 1 is 1.08 bits per heavy atom. The Kier molecular flexibility index (Phi) is 6.39. The van der Waals surface area contributed by atoms with Gasteiger partial charge < -0.3 is 15.6 Å². The van der Waals surface area contributed by atoms with Crippen LogP contribution in [-0.4, -0.2) is 38.8 Å². The molecule has 4 aromatic heterocycles. The fourth-order valence-corrected chi connectivity index (χ4v) is 5.64. The van der Waals surface area contributed by atoms with E-state index in [0.29, 0.717) is 25.9 Å². The fourth-order valence-electron chi connectivity index (χ4n) is 4.91. The lowest BCUT2D eigenvalue weighted by molar-refractivity contribution is 0.0905. The van der Waals surface area contributed by atoms with Gasteiger partial charge in [-0.25, -0.2) is 23.7 Å². The second-order valence-electron chi connectivity index (χ2n) is 9.55. The average molecular weight is 507 g/mol. The highest BCUT2D eigenvalue weighted by Gasteiger charge is 2.31. The van der Waals surface area contributed by atoms with E-state index in [9.17, 15) is 8.78 Å². The molecule has 0 spiro atoms. The largest absolute Gasteiger partial charge is 0.384 e. The number of H-pyrrole nitrogens is 1. The minimum Gasteiger partial charge on any atom is -0.384 e. The molecule has 2 fully saturated rings. The number of pyridine rings is 2. The number of fused-ring (bicyclic) bond motifs is 1. The summed E-state index contributed by atoms with van der Waals surface area (Å²) in [4.78, 5) is 17.0. The summed E-state index contributed by atoms with van der Waals surface area (Å²) in [6, 6.07) is 7.97. The van der Waals surface area contributed by atoms with E-state index in [0.717, 1.165) is 57.2 Å². The van der Waals surface area contributed by atoms with Crippen LogP contribution in [0.4, 0.5) is 14.6 Å². The number of hydrogen-bond acceptors (Lipinski definition) is 6.